The zero-order valence-corrected chi connectivity index (χ0v) is 12.4. The third-order valence-electron chi connectivity index (χ3n) is 3.18. The van der Waals surface area contributed by atoms with Crippen molar-refractivity contribution < 1.29 is 9.90 Å². The summed E-state index contributed by atoms with van der Waals surface area (Å²) in [6, 6.07) is 9.44. The summed E-state index contributed by atoms with van der Waals surface area (Å²) in [6.45, 7) is 4.35. The van der Waals surface area contributed by atoms with Crippen molar-refractivity contribution in [1.29, 1.82) is 0 Å². The molecule has 0 aliphatic heterocycles. The Morgan fingerprint density at radius 3 is 2.55 bits per heavy atom. The van der Waals surface area contributed by atoms with Gasteiger partial charge in [-0.15, -0.1) is 0 Å². The van der Waals surface area contributed by atoms with Gasteiger partial charge in [0.25, 0.3) is 0 Å². The Morgan fingerprint density at radius 1 is 1.30 bits per heavy atom. The molecule has 4 heteroatoms. The van der Waals surface area contributed by atoms with Gasteiger partial charge in [-0.2, -0.15) is 0 Å². The van der Waals surface area contributed by atoms with E-state index in [1.165, 1.54) is 5.56 Å². The number of nitrogens with one attached hydrogen (secondary N) is 1. The number of hydrogen-bond donors (Lipinski definition) is 3. The average Bonchev–Trinajstić information content (AvgIpc) is 2.42. The number of benzene rings is 1. The summed E-state index contributed by atoms with van der Waals surface area (Å²) >= 11 is 0. The molecule has 0 radical (unpaired) electrons. The third kappa shape index (κ3) is 6.68. The Balaban J connectivity index is 2.25. The van der Waals surface area contributed by atoms with Crippen LogP contribution in [-0.4, -0.2) is 29.7 Å². The second-order valence-corrected chi connectivity index (χ2v) is 5.66. The van der Waals surface area contributed by atoms with Crippen molar-refractivity contribution >= 4 is 5.91 Å². The minimum Gasteiger partial charge on any atom is -0.391 e. The molecule has 0 saturated heterocycles. The topological polar surface area (TPSA) is 75.3 Å². The SMILES string of the molecule is CC(C)CC(O)CNC(=O)[C@@H](N)CCc1ccccc1. The van der Waals surface area contributed by atoms with Crippen molar-refractivity contribution in [2.24, 2.45) is 11.7 Å². The van der Waals surface area contributed by atoms with E-state index in [2.05, 4.69) is 5.32 Å². The Bertz CT molecular complexity index is 393. The summed E-state index contributed by atoms with van der Waals surface area (Å²) < 4.78 is 0. The van der Waals surface area contributed by atoms with E-state index >= 15 is 0 Å². The van der Waals surface area contributed by atoms with Crippen LogP contribution in [0, 0.1) is 5.92 Å². The van der Waals surface area contributed by atoms with Crippen LogP contribution in [0.3, 0.4) is 0 Å². The van der Waals surface area contributed by atoms with E-state index in [0.717, 1.165) is 6.42 Å². The number of aliphatic hydroxyl groups excluding tert-OH is 1. The lowest BCUT2D eigenvalue weighted by atomic mass is 10.0. The number of aryl methyl sites for hydroxylation is 1. The van der Waals surface area contributed by atoms with E-state index in [1.807, 2.05) is 44.2 Å². The fourth-order valence-electron chi connectivity index (χ4n) is 2.07. The highest BCUT2D eigenvalue weighted by molar-refractivity contribution is 5.81. The molecule has 1 rings (SSSR count). The summed E-state index contributed by atoms with van der Waals surface area (Å²) in [6.07, 6.45) is 1.57. The molecular weight excluding hydrogens is 252 g/mol. The van der Waals surface area contributed by atoms with Crippen LogP contribution < -0.4 is 11.1 Å². The Morgan fingerprint density at radius 2 is 1.95 bits per heavy atom. The van der Waals surface area contributed by atoms with Gasteiger partial charge >= 0.3 is 0 Å². The minimum atomic E-state index is -0.526. The molecule has 4 nitrogen and oxygen atoms in total. The first kappa shape index (κ1) is 16.7. The summed E-state index contributed by atoms with van der Waals surface area (Å²) in [7, 11) is 0. The Kier molecular flexibility index (Phi) is 7.26. The summed E-state index contributed by atoms with van der Waals surface area (Å²) in [5.41, 5.74) is 7.04. The molecule has 0 saturated carbocycles. The monoisotopic (exact) mass is 278 g/mol. The predicted octanol–water partition coefficient (Wildman–Crippen LogP) is 1.47. The molecular formula is C16H26N2O2. The highest BCUT2D eigenvalue weighted by atomic mass is 16.3. The molecule has 1 aromatic rings. The molecule has 20 heavy (non-hydrogen) atoms. The zero-order valence-electron chi connectivity index (χ0n) is 12.4. The van der Waals surface area contributed by atoms with E-state index < -0.39 is 12.1 Å². The van der Waals surface area contributed by atoms with Gasteiger partial charge in [-0.05, 0) is 30.7 Å². The fraction of sp³-hybridized carbons (Fsp3) is 0.562. The number of rotatable bonds is 8. The highest BCUT2D eigenvalue weighted by Crippen LogP contribution is 2.05. The highest BCUT2D eigenvalue weighted by Gasteiger charge is 2.15. The van der Waals surface area contributed by atoms with Gasteiger partial charge in [0.05, 0.1) is 12.1 Å². The maximum atomic E-state index is 11.8. The summed E-state index contributed by atoms with van der Waals surface area (Å²) in [4.78, 5) is 11.8. The quantitative estimate of drug-likeness (QED) is 0.674. The van der Waals surface area contributed by atoms with Crippen molar-refractivity contribution in [3.8, 4) is 0 Å². The predicted molar refractivity (Wildman–Crippen MR) is 81.2 cm³/mol. The normalized spacial score (nSPS) is 14.1. The number of nitrogens with two attached hydrogens (primary N) is 1. The number of hydrogen-bond acceptors (Lipinski definition) is 3. The van der Waals surface area contributed by atoms with Crippen LogP contribution in [0.2, 0.25) is 0 Å². The molecule has 0 heterocycles. The van der Waals surface area contributed by atoms with Crippen molar-refractivity contribution in [3.05, 3.63) is 35.9 Å². The summed E-state index contributed by atoms with van der Waals surface area (Å²) in [5, 5.41) is 12.4. The Hall–Kier alpha value is -1.39. The molecule has 4 N–H and O–H groups in total. The van der Waals surface area contributed by atoms with Gasteiger partial charge in [0.2, 0.25) is 5.91 Å². The molecule has 1 aromatic carbocycles. The van der Waals surface area contributed by atoms with Gasteiger partial charge in [0, 0.05) is 6.54 Å². The Labute approximate surface area is 121 Å². The first-order chi connectivity index (χ1) is 9.49. The molecule has 0 bridgehead atoms. The molecule has 112 valence electrons. The van der Waals surface area contributed by atoms with Crippen LogP contribution in [0.5, 0.6) is 0 Å². The smallest absolute Gasteiger partial charge is 0.237 e. The molecule has 1 amide bonds. The number of amides is 1. The van der Waals surface area contributed by atoms with Crippen LogP contribution in [0.1, 0.15) is 32.3 Å². The van der Waals surface area contributed by atoms with E-state index in [0.29, 0.717) is 18.8 Å². The standard InChI is InChI=1S/C16H26N2O2/c1-12(2)10-14(19)11-18-16(20)15(17)9-8-13-6-4-3-5-7-13/h3-7,12,14-15,19H,8-11,17H2,1-2H3,(H,18,20)/t14?,15-/m0/s1. The largest absolute Gasteiger partial charge is 0.391 e. The molecule has 0 fully saturated rings. The van der Waals surface area contributed by atoms with Crippen molar-refractivity contribution in [3.63, 3.8) is 0 Å². The van der Waals surface area contributed by atoms with Crippen molar-refractivity contribution in [2.45, 2.75) is 45.3 Å². The number of carbonyl (C=O) groups is 1. The number of aliphatic hydroxyl groups is 1. The van der Waals surface area contributed by atoms with Crippen LogP contribution in [0.4, 0.5) is 0 Å². The molecule has 0 aliphatic carbocycles. The molecule has 2 atom stereocenters. The lowest BCUT2D eigenvalue weighted by molar-refractivity contribution is -0.123. The lowest BCUT2D eigenvalue weighted by Crippen LogP contribution is -2.43. The van der Waals surface area contributed by atoms with Gasteiger partial charge in [0.15, 0.2) is 0 Å². The molecule has 1 unspecified atom stereocenters. The van der Waals surface area contributed by atoms with Crippen molar-refractivity contribution in [1.82, 2.24) is 5.32 Å². The van der Waals surface area contributed by atoms with E-state index in [-0.39, 0.29) is 12.5 Å². The molecule has 0 spiro atoms. The molecule has 0 aliphatic rings. The first-order valence-corrected chi connectivity index (χ1v) is 7.24. The second kappa shape index (κ2) is 8.72. The minimum absolute atomic E-state index is 0.191. The second-order valence-electron chi connectivity index (χ2n) is 5.66. The summed E-state index contributed by atoms with van der Waals surface area (Å²) in [5.74, 6) is 0.220. The third-order valence-corrected chi connectivity index (χ3v) is 3.18. The van der Waals surface area contributed by atoms with Crippen molar-refractivity contribution in [2.75, 3.05) is 6.54 Å². The maximum absolute atomic E-state index is 11.8. The van der Waals surface area contributed by atoms with Gasteiger partial charge in [-0.1, -0.05) is 44.2 Å². The van der Waals surface area contributed by atoms with Gasteiger partial charge < -0.3 is 16.2 Å². The van der Waals surface area contributed by atoms with Crippen LogP contribution in [0.25, 0.3) is 0 Å². The zero-order chi connectivity index (χ0) is 15.0. The van der Waals surface area contributed by atoms with Crippen LogP contribution >= 0.6 is 0 Å². The maximum Gasteiger partial charge on any atom is 0.237 e. The molecule has 0 aromatic heterocycles. The van der Waals surface area contributed by atoms with Gasteiger partial charge in [-0.3, -0.25) is 4.79 Å². The average molecular weight is 278 g/mol. The first-order valence-electron chi connectivity index (χ1n) is 7.24. The van der Waals surface area contributed by atoms with Crippen LogP contribution in [-0.2, 0) is 11.2 Å². The van der Waals surface area contributed by atoms with Gasteiger partial charge in [-0.25, -0.2) is 0 Å². The van der Waals surface area contributed by atoms with Crippen LogP contribution in [0.15, 0.2) is 30.3 Å². The fourth-order valence-corrected chi connectivity index (χ4v) is 2.07. The lowest BCUT2D eigenvalue weighted by Gasteiger charge is -2.16. The van der Waals surface area contributed by atoms with Gasteiger partial charge in [0.1, 0.15) is 0 Å². The van der Waals surface area contributed by atoms with E-state index in [9.17, 15) is 9.90 Å². The number of carbonyl (C=O) groups excluding carboxylic acids is 1. The van der Waals surface area contributed by atoms with E-state index in [4.69, 9.17) is 5.73 Å². The van der Waals surface area contributed by atoms with E-state index in [1.54, 1.807) is 0 Å².